The van der Waals surface area contributed by atoms with Crippen LogP contribution in [0.15, 0.2) is 0 Å². The van der Waals surface area contributed by atoms with Crippen molar-refractivity contribution in [2.24, 2.45) is 0 Å². The van der Waals surface area contributed by atoms with Gasteiger partial charge < -0.3 is 9.64 Å². The Labute approximate surface area is 116 Å². The van der Waals surface area contributed by atoms with Crippen LogP contribution in [0.1, 0.15) is 19.8 Å². The molecule has 1 unspecified atom stereocenters. The van der Waals surface area contributed by atoms with Crippen LogP contribution in [-0.2, 0) is 9.53 Å². The molecule has 0 aliphatic carbocycles. The van der Waals surface area contributed by atoms with Gasteiger partial charge in [0.15, 0.2) is 0 Å². The second kappa shape index (κ2) is 7.22. The molecular formula is C14H27N3O2. The predicted molar refractivity (Wildman–Crippen MR) is 75.2 cm³/mol. The summed E-state index contributed by atoms with van der Waals surface area (Å²) in [6, 6.07) is 0.00686. The molecule has 2 heterocycles. The lowest BCUT2D eigenvalue weighted by Crippen LogP contribution is -2.48. The normalized spacial score (nSPS) is 26.7. The lowest BCUT2D eigenvalue weighted by atomic mass is 10.2. The fourth-order valence-corrected chi connectivity index (χ4v) is 2.94. The highest BCUT2D eigenvalue weighted by atomic mass is 16.5. The van der Waals surface area contributed by atoms with Crippen molar-refractivity contribution < 1.29 is 9.53 Å². The molecule has 0 N–H and O–H groups in total. The summed E-state index contributed by atoms with van der Waals surface area (Å²) in [6.45, 7) is 10.1. The summed E-state index contributed by atoms with van der Waals surface area (Å²) < 4.78 is 5.16. The van der Waals surface area contributed by atoms with Crippen LogP contribution < -0.4 is 0 Å². The summed E-state index contributed by atoms with van der Waals surface area (Å²) >= 11 is 0. The molecule has 0 aromatic rings. The number of nitrogens with zero attached hydrogens (tertiary/aromatic N) is 3. The SMILES string of the molecule is CCOC(=O)C1CCCN1CCN1CCN(C)CC1. The van der Waals surface area contributed by atoms with Crippen LogP contribution in [0.25, 0.3) is 0 Å². The molecule has 19 heavy (non-hydrogen) atoms. The van der Waals surface area contributed by atoms with E-state index < -0.39 is 0 Å². The number of hydrogen-bond donors (Lipinski definition) is 0. The predicted octanol–water partition coefficient (Wildman–Crippen LogP) is 0.261. The molecule has 110 valence electrons. The minimum Gasteiger partial charge on any atom is -0.465 e. The Morgan fingerprint density at radius 1 is 1.16 bits per heavy atom. The molecule has 0 radical (unpaired) electrons. The standard InChI is InChI=1S/C14H27N3O2/c1-3-19-14(18)13-5-4-6-17(13)12-11-16-9-7-15(2)8-10-16/h13H,3-12H2,1-2H3. The van der Waals surface area contributed by atoms with Crippen LogP contribution in [0.2, 0.25) is 0 Å². The molecule has 5 nitrogen and oxygen atoms in total. The highest BCUT2D eigenvalue weighted by Crippen LogP contribution is 2.18. The van der Waals surface area contributed by atoms with Crippen LogP contribution in [-0.4, -0.2) is 86.2 Å². The second-order valence-electron chi connectivity index (χ2n) is 5.59. The van der Waals surface area contributed by atoms with Gasteiger partial charge in [-0.3, -0.25) is 14.6 Å². The third-order valence-electron chi connectivity index (χ3n) is 4.22. The third kappa shape index (κ3) is 4.16. The van der Waals surface area contributed by atoms with Crippen LogP contribution in [0.3, 0.4) is 0 Å². The van der Waals surface area contributed by atoms with E-state index in [1.807, 2.05) is 6.92 Å². The van der Waals surface area contributed by atoms with E-state index in [-0.39, 0.29) is 12.0 Å². The molecular weight excluding hydrogens is 242 g/mol. The fourth-order valence-electron chi connectivity index (χ4n) is 2.94. The summed E-state index contributed by atoms with van der Waals surface area (Å²) in [6.07, 6.45) is 2.08. The molecule has 2 rings (SSSR count). The zero-order chi connectivity index (χ0) is 13.7. The molecule has 0 aromatic heterocycles. The molecule has 2 saturated heterocycles. The van der Waals surface area contributed by atoms with Crippen molar-refractivity contribution in [3.05, 3.63) is 0 Å². The molecule has 2 aliphatic rings. The Hall–Kier alpha value is -0.650. The van der Waals surface area contributed by atoms with E-state index in [0.29, 0.717) is 6.61 Å². The van der Waals surface area contributed by atoms with Gasteiger partial charge >= 0.3 is 5.97 Å². The first kappa shape index (κ1) is 14.8. The minimum absolute atomic E-state index is 0.00686. The number of likely N-dealkylation sites (tertiary alicyclic amines) is 1. The van der Waals surface area contributed by atoms with Crippen molar-refractivity contribution in [2.45, 2.75) is 25.8 Å². The smallest absolute Gasteiger partial charge is 0.323 e. The van der Waals surface area contributed by atoms with Crippen LogP contribution in [0.4, 0.5) is 0 Å². The summed E-state index contributed by atoms with van der Waals surface area (Å²) in [7, 11) is 2.18. The second-order valence-corrected chi connectivity index (χ2v) is 5.59. The Morgan fingerprint density at radius 3 is 2.58 bits per heavy atom. The van der Waals surface area contributed by atoms with Gasteiger partial charge in [0.2, 0.25) is 0 Å². The lowest BCUT2D eigenvalue weighted by Gasteiger charge is -2.34. The molecule has 5 heteroatoms. The average molecular weight is 269 g/mol. The van der Waals surface area contributed by atoms with Gasteiger partial charge in [-0.15, -0.1) is 0 Å². The molecule has 0 amide bonds. The maximum atomic E-state index is 11.9. The van der Waals surface area contributed by atoms with Gasteiger partial charge in [-0.05, 0) is 33.4 Å². The quantitative estimate of drug-likeness (QED) is 0.669. The van der Waals surface area contributed by atoms with Gasteiger partial charge in [-0.25, -0.2) is 0 Å². The summed E-state index contributed by atoms with van der Waals surface area (Å²) in [5.41, 5.74) is 0. The number of rotatable bonds is 5. The zero-order valence-corrected chi connectivity index (χ0v) is 12.3. The van der Waals surface area contributed by atoms with Gasteiger partial charge in [-0.2, -0.15) is 0 Å². The van der Waals surface area contributed by atoms with Crippen molar-refractivity contribution in [3.63, 3.8) is 0 Å². The Balaban J connectivity index is 1.73. The Kier molecular flexibility index (Phi) is 5.60. The molecule has 0 bridgehead atoms. The highest BCUT2D eigenvalue weighted by molar-refractivity contribution is 5.76. The monoisotopic (exact) mass is 269 g/mol. The number of carbonyl (C=O) groups is 1. The summed E-state index contributed by atoms with van der Waals surface area (Å²) in [4.78, 5) is 19.0. The number of ether oxygens (including phenoxy) is 1. The molecule has 2 fully saturated rings. The Morgan fingerprint density at radius 2 is 1.89 bits per heavy atom. The minimum atomic E-state index is -0.0293. The largest absolute Gasteiger partial charge is 0.465 e. The molecule has 2 aliphatic heterocycles. The van der Waals surface area contributed by atoms with Crippen LogP contribution in [0, 0.1) is 0 Å². The molecule has 1 atom stereocenters. The first-order valence-corrected chi connectivity index (χ1v) is 7.52. The van der Waals surface area contributed by atoms with Crippen molar-refractivity contribution in [1.82, 2.24) is 14.7 Å². The zero-order valence-electron chi connectivity index (χ0n) is 12.3. The maximum Gasteiger partial charge on any atom is 0.323 e. The van der Waals surface area contributed by atoms with E-state index in [1.165, 1.54) is 0 Å². The van der Waals surface area contributed by atoms with E-state index in [2.05, 4.69) is 21.7 Å². The van der Waals surface area contributed by atoms with Gasteiger partial charge in [-0.1, -0.05) is 0 Å². The van der Waals surface area contributed by atoms with E-state index >= 15 is 0 Å². The van der Waals surface area contributed by atoms with E-state index in [1.54, 1.807) is 0 Å². The van der Waals surface area contributed by atoms with Gasteiger partial charge in [0.1, 0.15) is 6.04 Å². The van der Waals surface area contributed by atoms with Crippen LogP contribution >= 0.6 is 0 Å². The molecule has 0 aromatic carbocycles. The van der Waals surface area contributed by atoms with E-state index in [9.17, 15) is 4.79 Å². The van der Waals surface area contributed by atoms with E-state index in [4.69, 9.17) is 4.74 Å². The van der Waals surface area contributed by atoms with Crippen molar-refractivity contribution in [1.29, 1.82) is 0 Å². The lowest BCUT2D eigenvalue weighted by molar-refractivity contribution is -0.148. The molecule has 0 saturated carbocycles. The van der Waals surface area contributed by atoms with Gasteiger partial charge in [0.25, 0.3) is 0 Å². The van der Waals surface area contributed by atoms with Gasteiger partial charge in [0.05, 0.1) is 6.61 Å². The molecule has 0 spiro atoms. The van der Waals surface area contributed by atoms with E-state index in [0.717, 1.165) is 58.7 Å². The Bertz CT molecular complexity index is 290. The summed E-state index contributed by atoms with van der Waals surface area (Å²) in [5, 5.41) is 0. The first-order chi connectivity index (χ1) is 9.20. The van der Waals surface area contributed by atoms with Crippen molar-refractivity contribution >= 4 is 5.97 Å². The number of piperazine rings is 1. The topological polar surface area (TPSA) is 36.0 Å². The maximum absolute atomic E-state index is 11.9. The van der Waals surface area contributed by atoms with Gasteiger partial charge in [0, 0.05) is 39.3 Å². The number of carbonyl (C=O) groups excluding carboxylic acids is 1. The average Bonchev–Trinajstić information content (AvgIpc) is 2.87. The van der Waals surface area contributed by atoms with Crippen LogP contribution in [0.5, 0.6) is 0 Å². The number of hydrogen-bond acceptors (Lipinski definition) is 5. The van der Waals surface area contributed by atoms with Crippen molar-refractivity contribution in [3.8, 4) is 0 Å². The first-order valence-electron chi connectivity index (χ1n) is 7.52. The number of esters is 1. The highest BCUT2D eigenvalue weighted by Gasteiger charge is 2.31. The van der Waals surface area contributed by atoms with Crippen molar-refractivity contribution in [2.75, 3.05) is 59.5 Å². The summed E-state index contributed by atoms with van der Waals surface area (Å²) in [5.74, 6) is -0.0293. The third-order valence-corrected chi connectivity index (χ3v) is 4.22. The fraction of sp³-hybridized carbons (Fsp3) is 0.929. The number of likely N-dealkylation sites (N-methyl/N-ethyl adjacent to an activating group) is 1.